The zero-order chi connectivity index (χ0) is 20.2. The molecule has 29 heavy (non-hydrogen) atoms. The molecular formula is C23H20N2O4. The van der Waals surface area contributed by atoms with Gasteiger partial charge in [0.2, 0.25) is 0 Å². The Balaban J connectivity index is 1.47. The van der Waals surface area contributed by atoms with Crippen molar-refractivity contribution >= 4 is 39.7 Å². The summed E-state index contributed by atoms with van der Waals surface area (Å²) in [5.41, 5.74) is 3.97. The van der Waals surface area contributed by atoms with Crippen molar-refractivity contribution in [3.05, 3.63) is 71.8 Å². The monoisotopic (exact) mass is 388 g/mol. The first-order valence-corrected chi connectivity index (χ1v) is 9.16. The Morgan fingerprint density at radius 1 is 1.07 bits per heavy atom. The third kappa shape index (κ3) is 3.91. The molecule has 0 radical (unpaired) electrons. The standard InChI is InChI=1S/C23H20N2O4/c1-15-7-3-4-8-16(15)13-24-28-14-23(26)25-19-12-21-18(11-22(19)27-2)17-9-5-6-10-20(17)29-21/h3-13H,14H2,1-2H3,(H,25,26)/b24-13-. The van der Waals surface area contributed by atoms with Crippen molar-refractivity contribution in [1.29, 1.82) is 0 Å². The first-order valence-electron chi connectivity index (χ1n) is 9.16. The second-order valence-electron chi connectivity index (χ2n) is 6.56. The minimum atomic E-state index is -0.347. The van der Waals surface area contributed by atoms with Crippen molar-refractivity contribution in [3.63, 3.8) is 0 Å². The maximum Gasteiger partial charge on any atom is 0.265 e. The van der Waals surface area contributed by atoms with E-state index in [1.807, 2.05) is 61.5 Å². The molecule has 4 rings (SSSR count). The summed E-state index contributed by atoms with van der Waals surface area (Å²) in [7, 11) is 1.56. The minimum absolute atomic E-state index is 0.219. The Morgan fingerprint density at radius 2 is 1.86 bits per heavy atom. The van der Waals surface area contributed by atoms with Crippen LogP contribution in [0.2, 0.25) is 0 Å². The van der Waals surface area contributed by atoms with Gasteiger partial charge in [-0.05, 0) is 30.2 Å². The molecule has 6 nitrogen and oxygen atoms in total. The van der Waals surface area contributed by atoms with Crippen molar-refractivity contribution in [2.24, 2.45) is 5.16 Å². The molecule has 0 atom stereocenters. The van der Waals surface area contributed by atoms with Crippen LogP contribution in [0.1, 0.15) is 11.1 Å². The highest BCUT2D eigenvalue weighted by molar-refractivity contribution is 6.07. The van der Waals surface area contributed by atoms with Crippen molar-refractivity contribution in [2.75, 3.05) is 19.0 Å². The van der Waals surface area contributed by atoms with E-state index in [2.05, 4.69) is 10.5 Å². The first-order chi connectivity index (χ1) is 14.2. The van der Waals surface area contributed by atoms with Gasteiger partial charge < -0.3 is 19.3 Å². The quantitative estimate of drug-likeness (QED) is 0.377. The fraction of sp³-hybridized carbons (Fsp3) is 0.130. The van der Waals surface area contributed by atoms with Crippen LogP contribution < -0.4 is 10.1 Å². The number of fused-ring (bicyclic) bond motifs is 3. The highest BCUT2D eigenvalue weighted by Gasteiger charge is 2.14. The molecule has 0 saturated carbocycles. The van der Waals surface area contributed by atoms with E-state index in [-0.39, 0.29) is 12.5 Å². The summed E-state index contributed by atoms with van der Waals surface area (Å²) in [6.07, 6.45) is 1.59. The van der Waals surface area contributed by atoms with Gasteiger partial charge in [-0.1, -0.05) is 47.6 Å². The van der Waals surface area contributed by atoms with Gasteiger partial charge in [-0.25, -0.2) is 0 Å². The first kappa shape index (κ1) is 18.6. The summed E-state index contributed by atoms with van der Waals surface area (Å²) in [5.74, 6) is 0.196. The Kier molecular flexibility index (Phi) is 5.16. The zero-order valence-electron chi connectivity index (χ0n) is 16.1. The number of aryl methyl sites for hydroxylation is 1. The maximum absolute atomic E-state index is 12.3. The summed E-state index contributed by atoms with van der Waals surface area (Å²) >= 11 is 0. The molecule has 146 valence electrons. The van der Waals surface area contributed by atoms with E-state index in [1.165, 1.54) is 0 Å². The molecule has 4 aromatic rings. The summed E-state index contributed by atoms with van der Waals surface area (Å²) in [5, 5.41) is 8.57. The fourth-order valence-electron chi connectivity index (χ4n) is 3.13. The van der Waals surface area contributed by atoms with Crippen LogP contribution in [0.25, 0.3) is 21.9 Å². The summed E-state index contributed by atoms with van der Waals surface area (Å²) in [6.45, 7) is 1.76. The predicted octanol–water partition coefficient (Wildman–Crippen LogP) is 4.89. The summed E-state index contributed by atoms with van der Waals surface area (Å²) in [6, 6.07) is 19.1. The van der Waals surface area contributed by atoms with Gasteiger partial charge in [0, 0.05) is 16.8 Å². The highest BCUT2D eigenvalue weighted by Crippen LogP contribution is 2.36. The molecule has 0 aliphatic carbocycles. The highest BCUT2D eigenvalue weighted by atomic mass is 16.6. The lowest BCUT2D eigenvalue weighted by molar-refractivity contribution is -0.120. The Morgan fingerprint density at radius 3 is 2.69 bits per heavy atom. The number of furan rings is 1. The molecule has 3 aromatic carbocycles. The number of hydrogen-bond donors (Lipinski definition) is 1. The number of methoxy groups -OCH3 is 1. The largest absolute Gasteiger partial charge is 0.495 e. The van der Waals surface area contributed by atoms with Gasteiger partial charge in [0.1, 0.15) is 16.9 Å². The topological polar surface area (TPSA) is 73.1 Å². The lowest BCUT2D eigenvalue weighted by Gasteiger charge is -2.10. The number of hydrogen-bond acceptors (Lipinski definition) is 5. The number of oxime groups is 1. The number of rotatable bonds is 6. The van der Waals surface area contributed by atoms with Crippen LogP contribution in [-0.2, 0) is 9.63 Å². The molecule has 0 spiro atoms. The van der Waals surface area contributed by atoms with Gasteiger partial charge in [0.25, 0.3) is 5.91 Å². The van der Waals surface area contributed by atoms with E-state index < -0.39 is 0 Å². The van der Waals surface area contributed by atoms with Crippen molar-refractivity contribution in [3.8, 4) is 5.75 Å². The van der Waals surface area contributed by atoms with E-state index in [9.17, 15) is 4.79 Å². The number of amides is 1. The van der Waals surface area contributed by atoms with Gasteiger partial charge in [0.15, 0.2) is 6.61 Å². The van der Waals surface area contributed by atoms with E-state index in [0.29, 0.717) is 17.0 Å². The molecule has 0 aliphatic rings. The molecule has 1 aromatic heterocycles. The molecule has 1 N–H and O–H groups in total. The van der Waals surface area contributed by atoms with Crippen LogP contribution in [0.4, 0.5) is 5.69 Å². The molecule has 1 heterocycles. The molecule has 0 bridgehead atoms. The van der Waals surface area contributed by atoms with Crippen LogP contribution in [0, 0.1) is 6.92 Å². The molecule has 0 aliphatic heterocycles. The number of nitrogens with zero attached hydrogens (tertiary/aromatic N) is 1. The fourth-order valence-corrected chi connectivity index (χ4v) is 3.13. The van der Waals surface area contributed by atoms with E-state index in [4.69, 9.17) is 14.0 Å². The minimum Gasteiger partial charge on any atom is -0.495 e. The van der Waals surface area contributed by atoms with Crippen molar-refractivity contribution < 1.29 is 18.8 Å². The number of carbonyl (C=O) groups excluding carboxylic acids is 1. The molecule has 1 amide bonds. The molecular weight excluding hydrogens is 368 g/mol. The SMILES string of the molecule is COc1cc2c(cc1NC(=O)CO/N=C\c1ccccc1C)oc1ccccc12. The summed E-state index contributed by atoms with van der Waals surface area (Å²) < 4.78 is 11.3. The van der Waals surface area contributed by atoms with Gasteiger partial charge in [-0.15, -0.1) is 0 Å². The van der Waals surface area contributed by atoms with Crippen LogP contribution in [-0.4, -0.2) is 25.8 Å². The summed E-state index contributed by atoms with van der Waals surface area (Å²) in [4.78, 5) is 17.4. The van der Waals surface area contributed by atoms with E-state index in [1.54, 1.807) is 19.4 Å². The normalized spacial score (nSPS) is 11.2. The number of anilines is 1. The number of benzene rings is 3. The van der Waals surface area contributed by atoms with Crippen LogP contribution in [0.5, 0.6) is 5.75 Å². The van der Waals surface area contributed by atoms with Crippen LogP contribution >= 0.6 is 0 Å². The van der Waals surface area contributed by atoms with Crippen LogP contribution in [0.15, 0.2) is 70.2 Å². The van der Waals surface area contributed by atoms with Gasteiger partial charge in [0.05, 0.1) is 19.0 Å². The van der Waals surface area contributed by atoms with E-state index >= 15 is 0 Å². The predicted molar refractivity (Wildman–Crippen MR) is 114 cm³/mol. The third-order valence-electron chi connectivity index (χ3n) is 4.62. The second kappa shape index (κ2) is 8.06. The van der Waals surface area contributed by atoms with Crippen molar-refractivity contribution in [2.45, 2.75) is 6.92 Å². The molecule has 0 unspecified atom stereocenters. The average molecular weight is 388 g/mol. The number of para-hydroxylation sites is 1. The number of nitrogens with one attached hydrogen (secondary N) is 1. The third-order valence-corrected chi connectivity index (χ3v) is 4.62. The van der Waals surface area contributed by atoms with Gasteiger partial charge in [-0.3, -0.25) is 4.79 Å². The van der Waals surface area contributed by atoms with E-state index in [0.717, 1.165) is 27.5 Å². The number of ether oxygens (including phenoxy) is 1. The van der Waals surface area contributed by atoms with Crippen LogP contribution in [0.3, 0.4) is 0 Å². The van der Waals surface area contributed by atoms with Crippen molar-refractivity contribution in [1.82, 2.24) is 0 Å². The van der Waals surface area contributed by atoms with Gasteiger partial charge >= 0.3 is 0 Å². The lowest BCUT2D eigenvalue weighted by atomic mass is 10.1. The average Bonchev–Trinajstić information content (AvgIpc) is 3.09. The zero-order valence-corrected chi connectivity index (χ0v) is 16.1. The molecule has 6 heteroatoms. The Labute approximate surface area is 167 Å². The maximum atomic E-state index is 12.3. The molecule has 0 saturated heterocycles. The van der Waals surface area contributed by atoms with Gasteiger partial charge in [-0.2, -0.15) is 0 Å². The smallest absolute Gasteiger partial charge is 0.265 e. The second-order valence-corrected chi connectivity index (χ2v) is 6.56. The Hall–Kier alpha value is -3.80. The Bertz CT molecular complexity index is 1210. The lowest BCUT2D eigenvalue weighted by Crippen LogP contribution is -2.17. The number of carbonyl (C=O) groups is 1. The molecule has 0 fully saturated rings.